The minimum Gasteiger partial charge on any atom is -0.327 e. The fourth-order valence-corrected chi connectivity index (χ4v) is 2.03. The number of benzene rings is 1. The highest BCUT2D eigenvalue weighted by Crippen LogP contribution is 2.45. The van der Waals surface area contributed by atoms with Crippen LogP contribution in [0.4, 0.5) is 13.2 Å². The van der Waals surface area contributed by atoms with E-state index in [1.807, 2.05) is 0 Å². The Labute approximate surface area is 93.6 Å². The summed E-state index contributed by atoms with van der Waals surface area (Å²) >= 11 is 3.04. The molecule has 0 radical (unpaired) electrons. The van der Waals surface area contributed by atoms with Crippen molar-refractivity contribution in [1.82, 2.24) is 0 Å². The molecule has 2 atom stereocenters. The van der Waals surface area contributed by atoms with Crippen LogP contribution in [0, 0.1) is 0 Å². The molecule has 2 rings (SSSR count). The third-order valence-electron chi connectivity index (χ3n) is 2.56. The molecule has 1 saturated carbocycles. The molecule has 5 heteroatoms. The van der Waals surface area contributed by atoms with Gasteiger partial charge in [0.15, 0.2) is 0 Å². The predicted molar refractivity (Wildman–Crippen MR) is 54.5 cm³/mol. The van der Waals surface area contributed by atoms with Crippen molar-refractivity contribution in [3.8, 4) is 0 Å². The molecule has 0 spiro atoms. The summed E-state index contributed by atoms with van der Waals surface area (Å²) in [5.41, 5.74) is 5.31. The lowest BCUT2D eigenvalue weighted by molar-refractivity contribution is -0.138. The summed E-state index contributed by atoms with van der Waals surface area (Å²) in [5, 5.41) is 0. The lowest BCUT2D eigenvalue weighted by atomic mass is 10.0. The second kappa shape index (κ2) is 3.49. The van der Waals surface area contributed by atoms with Gasteiger partial charge in [0, 0.05) is 16.4 Å². The van der Waals surface area contributed by atoms with E-state index in [1.54, 1.807) is 6.07 Å². The summed E-state index contributed by atoms with van der Waals surface area (Å²) in [6.45, 7) is 0. The predicted octanol–water partition coefficient (Wildman–Crippen LogP) is 3.28. The minimum atomic E-state index is -4.30. The summed E-state index contributed by atoms with van der Waals surface area (Å²) < 4.78 is 38.5. The average molecular weight is 280 g/mol. The van der Waals surface area contributed by atoms with Gasteiger partial charge in [0.1, 0.15) is 0 Å². The number of hydrogen-bond acceptors (Lipinski definition) is 1. The smallest absolute Gasteiger partial charge is 0.327 e. The van der Waals surface area contributed by atoms with Gasteiger partial charge in [-0.1, -0.05) is 22.0 Å². The Balaban J connectivity index is 2.45. The van der Waals surface area contributed by atoms with Gasteiger partial charge in [-0.3, -0.25) is 0 Å². The van der Waals surface area contributed by atoms with Gasteiger partial charge in [-0.25, -0.2) is 0 Å². The molecule has 15 heavy (non-hydrogen) atoms. The summed E-state index contributed by atoms with van der Waals surface area (Å²) in [6.07, 6.45) is -3.66. The molecule has 1 aromatic rings. The zero-order chi connectivity index (χ0) is 11.2. The maximum atomic E-state index is 12.7. The van der Waals surface area contributed by atoms with Gasteiger partial charge in [0.05, 0.1) is 5.56 Å². The van der Waals surface area contributed by atoms with E-state index in [1.165, 1.54) is 6.07 Å². The van der Waals surface area contributed by atoms with Crippen molar-refractivity contribution in [2.45, 2.75) is 24.6 Å². The molecule has 0 saturated heterocycles. The van der Waals surface area contributed by atoms with Crippen molar-refractivity contribution in [1.29, 1.82) is 0 Å². The molecule has 1 aliphatic rings. The maximum Gasteiger partial charge on any atom is 0.416 e. The largest absolute Gasteiger partial charge is 0.416 e. The minimum absolute atomic E-state index is 0.118. The van der Waals surface area contributed by atoms with Crippen molar-refractivity contribution in [2.75, 3.05) is 0 Å². The highest BCUT2D eigenvalue weighted by atomic mass is 79.9. The molecule has 82 valence electrons. The van der Waals surface area contributed by atoms with Crippen molar-refractivity contribution < 1.29 is 13.2 Å². The van der Waals surface area contributed by atoms with Gasteiger partial charge in [-0.05, 0) is 24.1 Å². The van der Waals surface area contributed by atoms with Crippen LogP contribution in [0.3, 0.4) is 0 Å². The molecular formula is C10H9BrF3N. The van der Waals surface area contributed by atoms with Crippen LogP contribution < -0.4 is 5.73 Å². The molecule has 1 fully saturated rings. The van der Waals surface area contributed by atoms with Crippen LogP contribution in [0.1, 0.15) is 23.5 Å². The Morgan fingerprint density at radius 1 is 1.33 bits per heavy atom. The van der Waals surface area contributed by atoms with Gasteiger partial charge in [0.2, 0.25) is 0 Å². The van der Waals surface area contributed by atoms with E-state index in [0.717, 1.165) is 6.07 Å². The zero-order valence-corrected chi connectivity index (χ0v) is 9.27. The SMILES string of the molecule is N[C@H]1C[C@@H]1c1ccc(Br)cc1C(F)(F)F. The van der Waals surface area contributed by atoms with Crippen LogP contribution in [0.15, 0.2) is 22.7 Å². The van der Waals surface area contributed by atoms with Crippen molar-refractivity contribution >= 4 is 15.9 Å². The van der Waals surface area contributed by atoms with E-state index < -0.39 is 11.7 Å². The van der Waals surface area contributed by atoms with E-state index in [2.05, 4.69) is 15.9 Å². The van der Waals surface area contributed by atoms with E-state index in [9.17, 15) is 13.2 Å². The van der Waals surface area contributed by atoms with Gasteiger partial charge in [0.25, 0.3) is 0 Å². The van der Waals surface area contributed by atoms with Crippen LogP contribution >= 0.6 is 15.9 Å². The first-order chi connectivity index (χ1) is 6.89. The highest BCUT2D eigenvalue weighted by Gasteiger charge is 2.42. The molecule has 1 aromatic carbocycles. The number of nitrogens with two attached hydrogens (primary N) is 1. The molecule has 0 heterocycles. The summed E-state index contributed by atoms with van der Waals surface area (Å²) in [7, 11) is 0. The molecule has 1 aliphatic carbocycles. The molecule has 1 nitrogen and oxygen atoms in total. The number of alkyl halides is 3. The van der Waals surface area contributed by atoms with Crippen LogP contribution in [0.2, 0.25) is 0 Å². The molecule has 0 aromatic heterocycles. The Kier molecular flexibility index (Phi) is 2.55. The molecular weight excluding hydrogens is 271 g/mol. The lowest BCUT2D eigenvalue weighted by Crippen LogP contribution is -2.11. The second-order valence-corrected chi connectivity index (χ2v) is 4.65. The van der Waals surface area contributed by atoms with E-state index in [4.69, 9.17) is 5.73 Å². The second-order valence-electron chi connectivity index (χ2n) is 3.74. The van der Waals surface area contributed by atoms with Gasteiger partial charge in [-0.15, -0.1) is 0 Å². The summed E-state index contributed by atoms with van der Waals surface area (Å²) in [6, 6.07) is 4.12. The standard InChI is InChI=1S/C10H9BrF3N/c11-5-1-2-6(7-4-9(7)15)8(3-5)10(12,13)14/h1-3,7,9H,4,15H2/t7-,9+/m1/s1. The van der Waals surface area contributed by atoms with Crippen LogP contribution in [0.25, 0.3) is 0 Å². The lowest BCUT2D eigenvalue weighted by Gasteiger charge is -2.12. The van der Waals surface area contributed by atoms with E-state index >= 15 is 0 Å². The van der Waals surface area contributed by atoms with Gasteiger partial charge >= 0.3 is 6.18 Å². The third-order valence-corrected chi connectivity index (χ3v) is 3.05. The molecule has 2 N–H and O–H groups in total. The third kappa shape index (κ3) is 2.18. The molecule has 0 bridgehead atoms. The van der Waals surface area contributed by atoms with Gasteiger partial charge < -0.3 is 5.73 Å². The topological polar surface area (TPSA) is 26.0 Å². The Hall–Kier alpha value is -0.550. The van der Waals surface area contributed by atoms with Gasteiger partial charge in [-0.2, -0.15) is 13.2 Å². The summed E-state index contributed by atoms with van der Waals surface area (Å²) in [5.74, 6) is -0.130. The first-order valence-corrected chi connectivity index (χ1v) is 5.31. The van der Waals surface area contributed by atoms with Crippen molar-refractivity contribution in [2.24, 2.45) is 5.73 Å². The highest BCUT2D eigenvalue weighted by molar-refractivity contribution is 9.10. The Bertz CT molecular complexity index is 389. The van der Waals surface area contributed by atoms with Crippen LogP contribution in [-0.2, 0) is 6.18 Å². The quantitative estimate of drug-likeness (QED) is 0.839. The van der Waals surface area contributed by atoms with Crippen molar-refractivity contribution in [3.63, 3.8) is 0 Å². The molecule has 0 aliphatic heterocycles. The molecule has 0 amide bonds. The number of rotatable bonds is 1. The fourth-order valence-electron chi connectivity index (χ4n) is 1.67. The van der Waals surface area contributed by atoms with Crippen LogP contribution in [0.5, 0.6) is 0 Å². The summed E-state index contributed by atoms with van der Waals surface area (Å²) in [4.78, 5) is 0. The van der Waals surface area contributed by atoms with E-state index in [-0.39, 0.29) is 12.0 Å². The first kappa shape index (κ1) is 11.0. The number of hydrogen-bond donors (Lipinski definition) is 1. The molecule has 0 unspecified atom stereocenters. The first-order valence-electron chi connectivity index (χ1n) is 4.52. The Morgan fingerprint density at radius 3 is 2.40 bits per heavy atom. The van der Waals surface area contributed by atoms with Crippen LogP contribution in [-0.4, -0.2) is 6.04 Å². The van der Waals surface area contributed by atoms with Crippen molar-refractivity contribution in [3.05, 3.63) is 33.8 Å². The zero-order valence-electron chi connectivity index (χ0n) is 7.68. The Morgan fingerprint density at radius 2 is 1.93 bits per heavy atom. The number of halogens is 4. The van der Waals surface area contributed by atoms with E-state index in [0.29, 0.717) is 16.5 Å². The normalized spacial score (nSPS) is 25.4. The fraction of sp³-hybridized carbons (Fsp3) is 0.400. The maximum absolute atomic E-state index is 12.7. The monoisotopic (exact) mass is 279 g/mol. The average Bonchev–Trinajstić information content (AvgIpc) is 2.81.